The Morgan fingerprint density at radius 1 is 0.746 bits per heavy atom. The normalized spacial score (nSPS) is 35.0. The molecule has 0 radical (unpaired) electrons. The zero-order valence-electron chi connectivity index (χ0n) is 32.3. The summed E-state index contributed by atoms with van der Waals surface area (Å²) in [5.41, 5.74) is -0.0519. The minimum absolute atomic E-state index is 0.000587. The van der Waals surface area contributed by atoms with Gasteiger partial charge in [-0.15, -0.1) is 0 Å². The van der Waals surface area contributed by atoms with E-state index in [0.717, 1.165) is 11.6 Å². The fraction of sp³-hybridized carbons (Fsp3) is 0.564. The Bertz CT molecular complexity index is 1990. The van der Waals surface area contributed by atoms with Gasteiger partial charge in [0.15, 0.2) is 18.2 Å². The number of ether oxygens (including phenoxy) is 7. The topological polar surface area (TPSA) is 317 Å². The van der Waals surface area contributed by atoms with E-state index in [1.807, 2.05) is 0 Å². The van der Waals surface area contributed by atoms with Crippen LogP contribution in [0, 0.1) is 0 Å². The second kappa shape index (κ2) is 18.3. The maximum atomic E-state index is 14.7. The third kappa shape index (κ3) is 8.79. The predicted molar refractivity (Wildman–Crippen MR) is 199 cm³/mol. The van der Waals surface area contributed by atoms with Gasteiger partial charge in [-0.2, -0.15) is 0 Å². The Morgan fingerprint density at radius 3 is 1.92 bits per heavy atom. The highest BCUT2D eigenvalue weighted by atomic mass is 16.8. The van der Waals surface area contributed by atoms with Gasteiger partial charge in [0.25, 0.3) is 0 Å². The zero-order chi connectivity index (χ0) is 43.0. The molecule has 4 heterocycles. The number of allylic oxidation sites excluding steroid dienone is 2. The number of phenols is 1. The number of phenolic OH excluding ortho intramolecular Hbond substituents is 1. The van der Waals surface area contributed by atoms with Crippen LogP contribution in [0.25, 0.3) is 22.3 Å². The molecular formula is C39H50O20. The van der Waals surface area contributed by atoms with Crippen LogP contribution in [-0.4, -0.2) is 169 Å². The van der Waals surface area contributed by atoms with Gasteiger partial charge in [-0.1, -0.05) is 11.6 Å². The summed E-state index contributed by atoms with van der Waals surface area (Å²) in [4.78, 5) is 14.7. The number of hydrogen-bond acceptors (Lipinski definition) is 20. The molecule has 0 amide bonds. The number of aliphatic hydroxyl groups excluding tert-OH is 10. The van der Waals surface area contributed by atoms with Crippen LogP contribution in [0.3, 0.4) is 0 Å². The molecule has 59 heavy (non-hydrogen) atoms. The van der Waals surface area contributed by atoms with Gasteiger partial charge in [-0.3, -0.25) is 4.79 Å². The molecule has 20 nitrogen and oxygen atoms in total. The van der Waals surface area contributed by atoms with E-state index in [-0.39, 0.29) is 34.6 Å². The Balaban J connectivity index is 1.50. The molecule has 15 atom stereocenters. The molecule has 326 valence electrons. The van der Waals surface area contributed by atoms with E-state index in [2.05, 4.69) is 0 Å². The van der Waals surface area contributed by atoms with E-state index in [9.17, 15) is 61.0 Å². The zero-order valence-corrected chi connectivity index (χ0v) is 32.3. The molecule has 20 heteroatoms. The minimum atomic E-state index is -1.94. The van der Waals surface area contributed by atoms with Crippen LogP contribution in [0.2, 0.25) is 0 Å². The minimum Gasteiger partial charge on any atom is -0.507 e. The van der Waals surface area contributed by atoms with Gasteiger partial charge in [0.1, 0.15) is 89.3 Å². The standard InChI is InChI=1S/C39H50O20/c1-14(2)5-10-18-20(54-37-31(50)28(47)25(44)21(12-40)55-37)11-19(42)23-27(46)35(33(57-34(18)23)16-6-8-17(52-4)9-7-16)58-39-36(30(49)24(43)15(3)53-39)59-38-32(51)29(48)26(45)22(13-41)56-38/h5-9,11,15,21-22,24-26,28-32,36-45,47-51H,10,12-13H2,1-4H3/t15-,21+,22+,24-,25+,26+,28-,29-,30+,31+,32+,36+,37-,38+,39-/m0/s1. The summed E-state index contributed by atoms with van der Waals surface area (Å²) in [6.07, 6.45) is -23.6. The summed E-state index contributed by atoms with van der Waals surface area (Å²) < 4.78 is 46.6. The summed E-state index contributed by atoms with van der Waals surface area (Å²) in [5.74, 6) is -1.34. The molecule has 11 N–H and O–H groups in total. The van der Waals surface area contributed by atoms with Crippen molar-refractivity contribution in [1.29, 1.82) is 0 Å². The van der Waals surface area contributed by atoms with Crippen LogP contribution in [-0.2, 0) is 25.4 Å². The summed E-state index contributed by atoms with van der Waals surface area (Å²) in [7, 11) is 1.44. The first-order valence-electron chi connectivity index (χ1n) is 18.8. The molecule has 0 unspecified atom stereocenters. The summed E-state index contributed by atoms with van der Waals surface area (Å²) >= 11 is 0. The number of hydrogen-bond donors (Lipinski definition) is 11. The Morgan fingerprint density at radius 2 is 1.34 bits per heavy atom. The molecule has 3 aliphatic rings. The monoisotopic (exact) mass is 838 g/mol. The molecule has 3 fully saturated rings. The molecular weight excluding hydrogens is 788 g/mol. The van der Waals surface area contributed by atoms with Gasteiger partial charge in [-0.25, -0.2) is 0 Å². The first-order chi connectivity index (χ1) is 28.0. The van der Waals surface area contributed by atoms with Crippen LogP contribution in [0.15, 0.2) is 51.2 Å². The molecule has 0 spiro atoms. The quantitative estimate of drug-likeness (QED) is 0.0870. The van der Waals surface area contributed by atoms with Crippen molar-refractivity contribution in [2.24, 2.45) is 0 Å². The van der Waals surface area contributed by atoms with Gasteiger partial charge in [-0.05, 0) is 51.5 Å². The Hall–Kier alpha value is -3.97. The SMILES string of the molecule is COc1ccc(-c2oc3c(CC=C(C)C)c(O[C@H]4O[C@H](CO)[C@@H](O)[C@H](O)[C@H]4O)cc(O)c3c(=O)c2O[C@@H]2O[C@@H](C)[C@H](O)[C@@H](O)[C@H]2O[C@H]2O[C@H](CO)[C@@H](O)[C@H](O)[C@H]2O)cc1. The maximum absolute atomic E-state index is 14.7. The van der Waals surface area contributed by atoms with Crippen LogP contribution < -0.4 is 19.6 Å². The fourth-order valence-electron chi connectivity index (χ4n) is 6.99. The third-order valence-corrected chi connectivity index (χ3v) is 10.5. The molecule has 2 aromatic carbocycles. The summed E-state index contributed by atoms with van der Waals surface area (Å²) in [5, 5.41) is 115. The lowest BCUT2D eigenvalue weighted by atomic mass is 9.97. The lowest BCUT2D eigenvalue weighted by Crippen LogP contribution is -2.64. The van der Waals surface area contributed by atoms with Crippen molar-refractivity contribution in [3.63, 3.8) is 0 Å². The summed E-state index contributed by atoms with van der Waals surface area (Å²) in [6, 6.07) is 7.17. The van der Waals surface area contributed by atoms with E-state index in [1.54, 1.807) is 32.1 Å². The third-order valence-electron chi connectivity index (χ3n) is 10.5. The Kier molecular flexibility index (Phi) is 13.9. The molecule has 0 bridgehead atoms. The number of aromatic hydroxyl groups is 1. The van der Waals surface area contributed by atoms with Crippen molar-refractivity contribution in [2.75, 3.05) is 20.3 Å². The van der Waals surface area contributed by atoms with Crippen molar-refractivity contribution in [3.05, 3.63) is 57.8 Å². The van der Waals surface area contributed by atoms with Crippen molar-refractivity contribution >= 4 is 11.0 Å². The lowest BCUT2D eigenvalue weighted by molar-refractivity contribution is -0.355. The van der Waals surface area contributed by atoms with Gasteiger partial charge in [0.2, 0.25) is 23.8 Å². The van der Waals surface area contributed by atoms with Gasteiger partial charge in [0, 0.05) is 17.2 Å². The second-order valence-corrected chi connectivity index (χ2v) is 14.8. The van der Waals surface area contributed by atoms with E-state index >= 15 is 0 Å². The largest absolute Gasteiger partial charge is 0.507 e. The van der Waals surface area contributed by atoms with Crippen molar-refractivity contribution in [3.8, 4) is 34.3 Å². The van der Waals surface area contributed by atoms with Gasteiger partial charge >= 0.3 is 0 Å². The Labute approximate surface area is 336 Å². The molecule has 0 saturated carbocycles. The van der Waals surface area contributed by atoms with Crippen LogP contribution in [0.4, 0.5) is 0 Å². The second-order valence-electron chi connectivity index (χ2n) is 14.8. The van der Waals surface area contributed by atoms with Crippen molar-refractivity contribution in [2.45, 2.75) is 119 Å². The first-order valence-corrected chi connectivity index (χ1v) is 18.8. The lowest BCUT2D eigenvalue weighted by Gasteiger charge is -2.45. The average Bonchev–Trinajstić information content (AvgIpc) is 3.21. The van der Waals surface area contributed by atoms with Crippen LogP contribution in [0.5, 0.6) is 23.0 Å². The van der Waals surface area contributed by atoms with E-state index in [4.69, 9.17) is 37.6 Å². The van der Waals surface area contributed by atoms with Gasteiger partial charge < -0.3 is 93.7 Å². The fourth-order valence-corrected chi connectivity index (χ4v) is 6.99. The molecule has 0 aliphatic carbocycles. The highest BCUT2D eigenvalue weighted by Crippen LogP contribution is 2.42. The van der Waals surface area contributed by atoms with Crippen molar-refractivity contribution < 1.29 is 93.7 Å². The molecule has 3 aromatic rings. The molecule has 6 rings (SSSR count). The molecule has 3 saturated heterocycles. The van der Waals surface area contributed by atoms with E-state index in [0.29, 0.717) is 5.75 Å². The number of benzene rings is 2. The van der Waals surface area contributed by atoms with Crippen LogP contribution >= 0.6 is 0 Å². The maximum Gasteiger partial charge on any atom is 0.239 e. The predicted octanol–water partition coefficient (Wildman–Crippen LogP) is -2.11. The molecule has 3 aliphatic heterocycles. The highest BCUT2D eigenvalue weighted by Gasteiger charge is 2.51. The number of methoxy groups -OCH3 is 1. The highest BCUT2D eigenvalue weighted by molar-refractivity contribution is 5.91. The summed E-state index contributed by atoms with van der Waals surface area (Å²) in [6.45, 7) is 3.44. The average molecular weight is 839 g/mol. The van der Waals surface area contributed by atoms with Gasteiger partial charge in [0.05, 0.1) is 26.4 Å². The molecule has 1 aromatic heterocycles. The van der Waals surface area contributed by atoms with E-state index < -0.39 is 128 Å². The number of rotatable bonds is 12. The van der Waals surface area contributed by atoms with Crippen LogP contribution in [0.1, 0.15) is 26.3 Å². The number of fused-ring (bicyclic) bond motifs is 1. The van der Waals surface area contributed by atoms with Crippen molar-refractivity contribution in [1.82, 2.24) is 0 Å². The number of aliphatic hydroxyl groups is 10. The van der Waals surface area contributed by atoms with E-state index in [1.165, 1.54) is 26.2 Å². The smallest absolute Gasteiger partial charge is 0.239 e. The first kappa shape index (κ1) is 44.6.